The number of benzene rings is 1. The second-order valence-electron chi connectivity index (χ2n) is 7.82. The molecule has 8 nitrogen and oxygen atoms in total. The number of anilines is 2. The molecule has 0 unspecified atom stereocenters. The van der Waals surface area contributed by atoms with Gasteiger partial charge in [0.05, 0.1) is 37.3 Å². The molecule has 1 aliphatic rings. The van der Waals surface area contributed by atoms with Crippen molar-refractivity contribution in [2.24, 2.45) is 0 Å². The van der Waals surface area contributed by atoms with Crippen LogP contribution in [0.15, 0.2) is 28.9 Å². The second-order valence-corrected chi connectivity index (χ2v) is 7.82. The highest BCUT2D eigenvalue weighted by atomic mass is 19.4. The molecule has 2 amide bonds. The average molecular weight is 485 g/mol. The molecule has 1 saturated heterocycles. The molecule has 2 atom stereocenters. The van der Waals surface area contributed by atoms with Gasteiger partial charge in [0.1, 0.15) is 11.6 Å². The van der Waals surface area contributed by atoms with Crippen LogP contribution < -0.4 is 15.5 Å². The number of rotatable bonds is 4. The van der Waals surface area contributed by atoms with Gasteiger partial charge in [0.15, 0.2) is 17.4 Å². The fourth-order valence-corrected chi connectivity index (χ4v) is 3.69. The van der Waals surface area contributed by atoms with Gasteiger partial charge in [0.2, 0.25) is 5.95 Å². The molecule has 182 valence electrons. The Bertz CT molecular complexity index is 1200. The predicted molar refractivity (Wildman–Crippen MR) is 111 cm³/mol. The highest BCUT2D eigenvalue weighted by Crippen LogP contribution is 2.39. The number of morpholine rings is 1. The van der Waals surface area contributed by atoms with Crippen molar-refractivity contribution in [3.8, 4) is 0 Å². The Balaban J connectivity index is 1.53. The molecule has 2 aromatic heterocycles. The van der Waals surface area contributed by atoms with Crippen LogP contribution in [0.3, 0.4) is 0 Å². The number of ether oxygens (including phenoxy) is 1. The smallest absolute Gasteiger partial charge is 0.416 e. The van der Waals surface area contributed by atoms with Crippen LogP contribution in [-0.4, -0.2) is 48.0 Å². The van der Waals surface area contributed by atoms with Crippen LogP contribution in [0, 0.1) is 18.6 Å². The topological polar surface area (TPSA) is 92.5 Å². The summed E-state index contributed by atoms with van der Waals surface area (Å²) in [6.45, 7) is 4.73. The second kappa shape index (κ2) is 9.05. The number of nitrogens with one attached hydrogen (secondary N) is 2. The van der Waals surface area contributed by atoms with E-state index in [0.717, 1.165) is 6.07 Å². The number of carbonyl (C=O) groups excluding carboxylic acids is 1. The summed E-state index contributed by atoms with van der Waals surface area (Å²) in [6.07, 6.45) is -2.47. The van der Waals surface area contributed by atoms with E-state index in [2.05, 4.69) is 15.3 Å². The van der Waals surface area contributed by atoms with Gasteiger partial charge >= 0.3 is 12.2 Å². The molecule has 1 aromatic carbocycles. The summed E-state index contributed by atoms with van der Waals surface area (Å²) >= 11 is 0. The monoisotopic (exact) mass is 485 g/mol. The van der Waals surface area contributed by atoms with Gasteiger partial charge in [0.25, 0.3) is 0 Å². The molecule has 0 radical (unpaired) electrons. The minimum atomic E-state index is -4.99. The van der Waals surface area contributed by atoms with E-state index in [4.69, 9.17) is 9.15 Å². The Hall–Kier alpha value is -3.48. The van der Waals surface area contributed by atoms with Crippen LogP contribution in [0.1, 0.15) is 24.3 Å². The number of halogens is 5. The average Bonchev–Trinajstić information content (AvgIpc) is 3.09. The molecule has 1 aliphatic heterocycles. The third-order valence-electron chi connectivity index (χ3n) is 5.38. The molecule has 3 aromatic rings. The summed E-state index contributed by atoms with van der Waals surface area (Å²) in [4.78, 5) is 22.6. The summed E-state index contributed by atoms with van der Waals surface area (Å²) in [6, 6.07) is -2.43. The van der Waals surface area contributed by atoms with Gasteiger partial charge < -0.3 is 24.7 Å². The predicted octanol–water partition coefficient (Wildman–Crippen LogP) is 4.46. The van der Waals surface area contributed by atoms with Crippen LogP contribution in [0.25, 0.3) is 11.0 Å². The number of furan rings is 1. The molecule has 0 bridgehead atoms. The normalized spacial score (nSPS) is 17.6. The lowest BCUT2D eigenvalue weighted by Gasteiger charge is -2.33. The molecule has 3 heterocycles. The number of hydrogen-bond acceptors (Lipinski definition) is 6. The summed E-state index contributed by atoms with van der Waals surface area (Å²) < 4.78 is 79.3. The van der Waals surface area contributed by atoms with Crippen molar-refractivity contribution in [1.29, 1.82) is 0 Å². The summed E-state index contributed by atoms with van der Waals surface area (Å²) in [5, 5.41) is 3.85. The molecular formula is C21H20F5N5O3. The van der Waals surface area contributed by atoms with Gasteiger partial charge in [-0.05, 0) is 19.9 Å². The first-order valence-electron chi connectivity index (χ1n) is 10.2. The first-order chi connectivity index (χ1) is 16.0. The minimum absolute atomic E-state index is 0.0359. The van der Waals surface area contributed by atoms with Crippen LogP contribution in [0.4, 0.5) is 38.4 Å². The van der Waals surface area contributed by atoms with Gasteiger partial charge in [-0.3, -0.25) is 0 Å². The number of urea groups is 1. The molecule has 0 spiro atoms. The van der Waals surface area contributed by atoms with Gasteiger partial charge in [-0.25, -0.2) is 23.5 Å². The van der Waals surface area contributed by atoms with Crippen LogP contribution >= 0.6 is 0 Å². The lowest BCUT2D eigenvalue weighted by Crippen LogP contribution is -2.44. The lowest BCUT2D eigenvalue weighted by molar-refractivity contribution is -0.158. The molecule has 34 heavy (non-hydrogen) atoms. The minimum Gasteiger partial charge on any atom is -0.455 e. The van der Waals surface area contributed by atoms with E-state index in [9.17, 15) is 26.7 Å². The summed E-state index contributed by atoms with van der Waals surface area (Å²) in [7, 11) is 0. The van der Waals surface area contributed by atoms with Crippen LogP contribution in [0.2, 0.25) is 0 Å². The molecule has 2 N–H and O–H groups in total. The fourth-order valence-electron chi connectivity index (χ4n) is 3.69. The van der Waals surface area contributed by atoms with Crippen molar-refractivity contribution >= 4 is 28.6 Å². The Morgan fingerprint density at radius 3 is 2.59 bits per heavy atom. The molecule has 0 saturated carbocycles. The van der Waals surface area contributed by atoms with Gasteiger partial charge in [-0.15, -0.1) is 0 Å². The summed E-state index contributed by atoms with van der Waals surface area (Å²) in [5.74, 6) is -2.48. The number of fused-ring (bicyclic) bond motifs is 1. The Morgan fingerprint density at radius 1 is 1.24 bits per heavy atom. The number of carbonyl (C=O) groups is 1. The molecule has 4 rings (SSSR count). The number of aryl methyl sites for hydroxylation is 1. The first kappa shape index (κ1) is 23.7. The van der Waals surface area contributed by atoms with E-state index < -0.39 is 41.2 Å². The largest absolute Gasteiger partial charge is 0.455 e. The molecule has 13 heteroatoms. The number of alkyl halides is 3. The van der Waals surface area contributed by atoms with E-state index in [0.29, 0.717) is 31.8 Å². The number of nitrogens with zero attached hydrogens (tertiary/aromatic N) is 3. The zero-order chi connectivity index (χ0) is 24.6. The van der Waals surface area contributed by atoms with Crippen molar-refractivity contribution < 1.29 is 35.9 Å². The van der Waals surface area contributed by atoms with Crippen molar-refractivity contribution in [3.05, 3.63) is 47.5 Å². The number of amides is 2. The third kappa shape index (κ3) is 4.74. The van der Waals surface area contributed by atoms with Crippen molar-refractivity contribution in [2.45, 2.75) is 32.1 Å². The first-order valence-corrected chi connectivity index (χ1v) is 10.2. The number of hydrogen-bond donors (Lipinski definition) is 2. The van der Waals surface area contributed by atoms with Gasteiger partial charge in [0, 0.05) is 23.6 Å². The van der Waals surface area contributed by atoms with Gasteiger partial charge in [-0.2, -0.15) is 13.2 Å². The zero-order valence-electron chi connectivity index (χ0n) is 18.0. The Kier molecular flexibility index (Phi) is 6.30. The lowest BCUT2D eigenvalue weighted by atomic mass is 10.1. The van der Waals surface area contributed by atoms with E-state index >= 15 is 0 Å². The van der Waals surface area contributed by atoms with Crippen molar-refractivity contribution in [1.82, 2.24) is 15.3 Å². The SMILES string of the molecule is Cc1c([C@H](NC(=O)Nc2cnc(N3CCOC[C@H]3C)nc2)C(F)(F)F)oc2c(F)cc(F)cc12. The maximum Gasteiger partial charge on any atom is 0.416 e. The maximum atomic E-state index is 14.0. The standard InChI is InChI=1S/C21H20F5N5O3/c1-10-9-33-4-3-31(10)19-27-7-13(8-28-19)29-20(32)30-18(21(24,25)26)16-11(2)14-5-12(22)6-15(23)17(14)34-16/h5-8,10,18H,3-4,9H2,1-2H3,(H2,29,30,32)/t10-,18+/m1/s1. The van der Waals surface area contributed by atoms with Crippen LogP contribution in [0.5, 0.6) is 0 Å². The maximum absolute atomic E-state index is 14.0. The highest BCUT2D eigenvalue weighted by Gasteiger charge is 2.45. The van der Waals surface area contributed by atoms with E-state index in [1.165, 1.54) is 19.3 Å². The van der Waals surface area contributed by atoms with Crippen molar-refractivity contribution in [3.63, 3.8) is 0 Å². The number of aromatic nitrogens is 2. The van der Waals surface area contributed by atoms with E-state index in [-0.39, 0.29) is 22.7 Å². The molecule has 0 aliphatic carbocycles. The Morgan fingerprint density at radius 2 is 1.94 bits per heavy atom. The molecular weight excluding hydrogens is 465 g/mol. The third-order valence-corrected chi connectivity index (χ3v) is 5.38. The van der Waals surface area contributed by atoms with Gasteiger partial charge in [-0.1, -0.05) is 0 Å². The quantitative estimate of drug-likeness (QED) is 0.531. The van der Waals surface area contributed by atoms with E-state index in [1.807, 2.05) is 11.8 Å². The van der Waals surface area contributed by atoms with Crippen molar-refractivity contribution in [2.75, 3.05) is 30.0 Å². The zero-order valence-corrected chi connectivity index (χ0v) is 18.0. The highest BCUT2D eigenvalue weighted by molar-refractivity contribution is 5.89. The van der Waals surface area contributed by atoms with E-state index in [1.54, 1.807) is 5.32 Å². The molecule has 1 fully saturated rings. The van der Waals surface area contributed by atoms with Crippen LogP contribution in [-0.2, 0) is 4.74 Å². The Labute approximate surface area is 190 Å². The summed E-state index contributed by atoms with van der Waals surface area (Å²) in [5.41, 5.74) is -0.632. The fraction of sp³-hybridized carbons (Fsp3) is 0.381.